The van der Waals surface area contributed by atoms with E-state index in [9.17, 15) is 19.2 Å². The highest BCUT2D eigenvalue weighted by molar-refractivity contribution is 7.16. The Balaban J connectivity index is 1.27. The van der Waals surface area contributed by atoms with Crippen LogP contribution in [0.2, 0.25) is 20.1 Å². The predicted molar refractivity (Wildman–Crippen MR) is 191 cm³/mol. The van der Waals surface area contributed by atoms with Gasteiger partial charge in [-0.05, 0) is 51.0 Å². The molecule has 0 aliphatic heterocycles. The zero-order valence-corrected chi connectivity index (χ0v) is 31.0. The number of amides is 2. The van der Waals surface area contributed by atoms with Crippen LogP contribution in [0.4, 0.5) is 0 Å². The van der Waals surface area contributed by atoms with Gasteiger partial charge in [0.2, 0.25) is 11.8 Å². The molecule has 0 saturated carbocycles. The highest BCUT2D eigenvalue weighted by Crippen LogP contribution is 2.31. The molecule has 4 rings (SSSR count). The van der Waals surface area contributed by atoms with Crippen molar-refractivity contribution >= 4 is 113 Å². The van der Waals surface area contributed by atoms with E-state index in [4.69, 9.17) is 55.9 Å². The number of benzene rings is 2. The van der Waals surface area contributed by atoms with E-state index in [1.165, 1.54) is 22.7 Å². The fourth-order valence-corrected chi connectivity index (χ4v) is 8.64. The number of carbonyl (C=O) groups excluding carboxylic acids is 4. The van der Waals surface area contributed by atoms with E-state index in [1.54, 1.807) is 47.2 Å². The zero-order chi connectivity index (χ0) is 34.8. The quantitative estimate of drug-likeness (QED) is 0.0888. The zero-order valence-electron chi connectivity index (χ0n) is 26.4. The van der Waals surface area contributed by atoms with E-state index in [0.29, 0.717) is 63.0 Å². The SMILES string of the molecule is CCOC(=O)Cn1c(=NC(=O)CCCCCCCCC(=O)N=c2sc3cc(Cl)cc(Cl)c3n2CC(=O)OCC)sc2cc(Cl)cc(Cl)c21. The molecule has 4 aromatic rings. The molecule has 0 N–H and O–H groups in total. The number of ether oxygens (including phenoxy) is 2. The Morgan fingerprint density at radius 1 is 0.625 bits per heavy atom. The first kappa shape index (κ1) is 38.1. The molecular formula is C32H34Cl4N4O6S2. The highest BCUT2D eigenvalue weighted by atomic mass is 35.5. The van der Waals surface area contributed by atoms with Crippen LogP contribution in [0.3, 0.4) is 0 Å². The highest BCUT2D eigenvalue weighted by Gasteiger charge is 2.17. The lowest BCUT2D eigenvalue weighted by molar-refractivity contribution is -0.144. The summed E-state index contributed by atoms with van der Waals surface area (Å²) in [6, 6.07) is 6.61. The molecule has 2 aromatic heterocycles. The number of thiazole rings is 2. The number of esters is 2. The average Bonchev–Trinajstić information content (AvgIpc) is 3.51. The molecule has 0 unspecified atom stereocenters. The molecule has 10 nitrogen and oxygen atoms in total. The Morgan fingerprint density at radius 2 is 1.00 bits per heavy atom. The van der Waals surface area contributed by atoms with Gasteiger partial charge in [-0.3, -0.25) is 19.2 Å². The molecule has 48 heavy (non-hydrogen) atoms. The van der Waals surface area contributed by atoms with Gasteiger partial charge in [0, 0.05) is 22.9 Å². The lowest BCUT2D eigenvalue weighted by Crippen LogP contribution is -2.23. The van der Waals surface area contributed by atoms with E-state index in [0.717, 1.165) is 25.7 Å². The van der Waals surface area contributed by atoms with E-state index in [2.05, 4.69) is 9.98 Å². The maximum atomic E-state index is 12.7. The Kier molecular flexibility index (Phi) is 14.5. The Labute approximate surface area is 304 Å². The second-order valence-electron chi connectivity index (χ2n) is 10.7. The van der Waals surface area contributed by atoms with Gasteiger partial charge in [-0.15, -0.1) is 0 Å². The predicted octanol–water partition coefficient (Wildman–Crippen LogP) is 8.13. The lowest BCUT2D eigenvalue weighted by Gasteiger charge is -2.06. The van der Waals surface area contributed by atoms with Crippen molar-refractivity contribution < 1.29 is 28.7 Å². The molecule has 258 valence electrons. The van der Waals surface area contributed by atoms with Crippen molar-refractivity contribution in [3.8, 4) is 0 Å². The largest absolute Gasteiger partial charge is 0.465 e. The van der Waals surface area contributed by atoms with Gasteiger partial charge in [0.1, 0.15) is 13.1 Å². The standard InChI is InChI=1S/C32H34Cl4N4O6S2/c1-3-45-27(43)17-39-29-21(35)13-19(33)15-23(29)47-31(39)37-25(41)11-9-7-5-6-8-10-12-26(42)38-32-40(18-28(44)46-4-2)30-22(36)14-20(34)16-24(30)48-32/h13-16H,3-12,17-18H2,1-2H3. The van der Waals surface area contributed by atoms with Crippen LogP contribution in [0.25, 0.3) is 20.4 Å². The third-order valence-electron chi connectivity index (χ3n) is 7.05. The number of hydrogen-bond donors (Lipinski definition) is 0. The maximum Gasteiger partial charge on any atom is 0.326 e. The molecule has 0 bridgehead atoms. The van der Waals surface area contributed by atoms with Crippen molar-refractivity contribution in [1.82, 2.24) is 9.13 Å². The molecule has 0 radical (unpaired) electrons. The summed E-state index contributed by atoms with van der Waals surface area (Å²) >= 11 is 27.6. The summed E-state index contributed by atoms with van der Waals surface area (Å²) in [4.78, 5) is 59.2. The lowest BCUT2D eigenvalue weighted by atomic mass is 10.1. The normalized spacial score (nSPS) is 12.3. The van der Waals surface area contributed by atoms with Gasteiger partial charge >= 0.3 is 11.9 Å². The maximum absolute atomic E-state index is 12.7. The van der Waals surface area contributed by atoms with Crippen LogP contribution in [-0.2, 0) is 41.7 Å². The second-order valence-corrected chi connectivity index (χ2v) is 14.4. The summed E-state index contributed by atoms with van der Waals surface area (Å²) in [6.45, 7) is 3.65. The van der Waals surface area contributed by atoms with Gasteiger partial charge in [0.05, 0.1) is 43.7 Å². The first-order chi connectivity index (χ1) is 23.0. The van der Waals surface area contributed by atoms with Crippen molar-refractivity contribution in [3.05, 3.63) is 54.0 Å². The van der Waals surface area contributed by atoms with Crippen LogP contribution in [0.1, 0.15) is 65.2 Å². The van der Waals surface area contributed by atoms with Gasteiger partial charge in [-0.25, -0.2) is 0 Å². The summed E-state index contributed by atoms with van der Waals surface area (Å²) in [5.41, 5.74) is 1.15. The number of carbonyl (C=O) groups is 4. The van der Waals surface area contributed by atoms with Crippen LogP contribution in [0, 0.1) is 0 Å². The van der Waals surface area contributed by atoms with Crippen LogP contribution in [-0.4, -0.2) is 46.1 Å². The minimum Gasteiger partial charge on any atom is -0.465 e. The van der Waals surface area contributed by atoms with Gasteiger partial charge in [-0.1, -0.05) is 94.8 Å². The van der Waals surface area contributed by atoms with Crippen molar-refractivity contribution in [1.29, 1.82) is 0 Å². The summed E-state index contributed by atoms with van der Waals surface area (Å²) in [6.07, 6.45) is 5.28. The summed E-state index contributed by atoms with van der Waals surface area (Å²) in [5.74, 6) is -1.50. The minimum absolute atomic E-state index is 0.127. The molecule has 2 aromatic carbocycles. The van der Waals surface area contributed by atoms with Crippen molar-refractivity contribution in [2.75, 3.05) is 13.2 Å². The van der Waals surface area contributed by atoms with Crippen molar-refractivity contribution in [2.24, 2.45) is 9.98 Å². The third kappa shape index (κ3) is 10.4. The van der Waals surface area contributed by atoms with Crippen LogP contribution in [0.5, 0.6) is 0 Å². The number of halogens is 4. The number of hydrogen-bond acceptors (Lipinski definition) is 8. The number of nitrogens with zero attached hydrogens (tertiary/aromatic N) is 4. The fraction of sp³-hybridized carbons (Fsp3) is 0.438. The Hall–Kier alpha value is -2.74. The average molecular weight is 777 g/mol. The smallest absolute Gasteiger partial charge is 0.326 e. The third-order valence-corrected chi connectivity index (χ3v) is 10.1. The molecule has 16 heteroatoms. The Morgan fingerprint density at radius 3 is 1.38 bits per heavy atom. The number of unbranched alkanes of at least 4 members (excludes halogenated alkanes) is 5. The van der Waals surface area contributed by atoms with Gasteiger partial charge in [-0.2, -0.15) is 9.98 Å². The topological polar surface area (TPSA) is 121 Å². The summed E-state index contributed by atoms with van der Waals surface area (Å²) in [7, 11) is 0. The monoisotopic (exact) mass is 774 g/mol. The molecule has 0 aliphatic carbocycles. The first-order valence-corrected chi connectivity index (χ1v) is 18.6. The number of rotatable bonds is 15. The second kappa shape index (κ2) is 18.3. The van der Waals surface area contributed by atoms with Crippen molar-refractivity contribution in [2.45, 2.75) is 78.3 Å². The first-order valence-electron chi connectivity index (χ1n) is 15.4. The molecule has 0 atom stereocenters. The molecule has 0 fully saturated rings. The summed E-state index contributed by atoms with van der Waals surface area (Å²) in [5, 5.41) is 1.60. The van der Waals surface area contributed by atoms with E-state index in [-0.39, 0.29) is 51.0 Å². The Bertz CT molecular complexity index is 1820. The van der Waals surface area contributed by atoms with E-state index in [1.807, 2.05) is 0 Å². The molecular weight excluding hydrogens is 742 g/mol. The van der Waals surface area contributed by atoms with Crippen LogP contribution in [0.15, 0.2) is 34.3 Å². The minimum atomic E-state index is -0.458. The van der Waals surface area contributed by atoms with Gasteiger partial charge < -0.3 is 18.6 Å². The van der Waals surface area contributed by atoms with Gasteiger partial charge in [0.25, 0.3) is 0 Å². The summed E-state index contributed by atoms with van der Waals surface area (Å²) < 4.78 is 14.8. The van der Waals surface area contributed by atoms with Gasteiger partial charge in [0.15, 0.2) is 9.60 Å². The molecule has 0 saturated heterocycles. The molecule has 0 spiro atoms. The fourth-order valence-electron chi connectivity index (χ4n) is 4.98. The van der Waals surface area contributed by atoms with E-state index < -0.39 is 11.9 Å². The number of aromatic nitrogens is 2. The van der Waals surface area contributed by atoms with Crippen LogP contribution >= 0.6 is 69.1 Å². The molecule has 2 amide bonds. The molecule has 0 aliphatic rings. The van der Waals surface area contributed by atoms with E-state index >= 15 is 0 Å². The molecule has 2 heterocycles. The number of fused-ring (bicyclic) bond motifs is 2. The van der Waals surface area contributed by atoms with Crippen molar-refractivity contribution in [3.63, 3.8) is 0 Å². The van der Waals surface area contributed by atoms with Crippen LogP contribution < -0.4 is 9.60 Å².